The van der Waals surface area contributed by atoms with Crippen LogP contribution in [0.4, 0.5) is 0 Å². The maximum atomic E-state index is 5.88. The van der Waals surface area contributed by atoms with E-state index in [9.17, 15) is 0 Å². The van der Waals surface area contributed by atoms with Gasteiger partial charge < -0.3 is 0 Å². The summed E-state index contributed by atoms with van der Waals surface area (Å²) in [5.41, 5.74) is 0.436. The Bertz CT molecular complexity index is 207. The van der Waals surface area contributed by atoms with Crippen LogP contribution < -0.4 is 0 Å². The molecule has 0 atom stereocenters. The van der Waals surface area contributed by atoms with Crippen LogP contribution in [0.5, 0.6) is 0 Å². The average Bonchev–Trinajstić information content (AvgIpc) is 2.26. The van der Waals surface area contributed by atoms with Gasteiger partial charge in [0.15, 0.2) is 0 Å². The number of rotatable bonds is 4. The highest BCUT2D eigenvalue weighted by Crippen LogP contribution is 2.43. The van der Waals surface area contributed by atoms with Crippen LogP contribution >= 0.6 is 66.5 Å². The minimum atomic E-state index is -2.34. The number of halogens is 6. The van der Waals surface area contributed by atoms with E-state index < -0.39 is 12.0 Å². The van der Waals surface area contributed by atoms with Crippen LogP contribution in [0.3, 0.4) is 0 Å². The van der Waals surface area contributed by atoms with Gasteiger partial charge in [-0.2, -0.15) is 0 Å². The molecule has 0 aromatic heterocycles. The fraction of sp³-hybridized carbons (Fsp3) is 1.00. The molecule has 1 aliphatic carbocycles. The zero-order valence-corrected chi connectivity index (χ0v) is 17.0. The summed E-state index contributed by atoms with van der Waals surface area (Å²) < 4.78 is 0. The third-order valence-electron chi connectivity index (χ3n) is 2.88. The molecule has 0 unspecified atom stereocenters. The highest BCUT2D eigenvalue weighted by Gasteiger charge is 2.36. The second-order valence-corrected chi connectivity index (χ2v) is 22.9. The van der Waals surface area contributed by atoms with Crippen molar-refractivity contribution >= 4 is 78.5 Å². The van der Waals surface area contributed by atoms with Crippen molar-refractivity contribution in [2.45, 2.75) is 63.5 Å². The van der Waals surface area contributed by atoms with Gasteiger partial charge in [-0.05, 0) is 24.4 Å². The Balaban J connectivity index is 0.000000331. The van der Waals surface area contributed by atoms with Gasteiger partial charge in [0.1, 0.15) is 0 Å². The zero-order valence-electron chi connectivity index (χ0n) is 10.5. The number of unbranched alkanes of at least 4 members (excludes halogenated alkanes) is 1. The van der Waals surface area contributed by atoms with E-state index in [1.807, 2.05) is 0 Å². The van der Waals surface area contributed by atoms with Crippen molar-refractivity contribution in [3.05, 3.63) is 0 Å². The molecule has 0 bridgehead atoms. The zero-order chi connectivity index (χ0) is 14.2. The first-order chi connectivity index (χ1) is 8.17. The molecular formula is C10H20Cl6Si2. The van der Waals surface area contributed by atoms with Crippen molar-refractivity contribution in [3.63, 3.8) is 0 Å². The lowest BCUT2D eigenvalue weighted by Crippen LogP contribution is -2.21. The molecule has 0 N–H and O–H groups in total. The van der Waals surface area contributed by atoms with Crippen LogP contribution in [0, 0.1) is 0 Å². The Morgan fingerprint density at radius 3 is 1.61 bits per heavy atom. The van der Waals surface area contributed by atoms with Gasteiger partial charge >= 0.3 is 12.0 Å². The molecule has 0 aromatic carbocycles. The fourth-order valence-corrected chi connectivity index (χ4v) is 6.79. The third kappa shape index (κ3) is 12.0. The van der Waals surface area contributed by atoms with Gasteiger partial charge in [-0.1, -0.05) is 39.0 Å². The minimum Gasteiger partial charge on any atom is -0.126 e. The number of hydrogen-bond donors (Lipinski definition) is 0. The summed E-state index contributed by atoms with van der Waals surface area (Å²) >= 11 is 34.4. The van der Waals surface area contributed by atoms with Gasteiger partial charge in [0.2, 0.25) is 0 Å². The lowest BCUT2D eigenvalue weighted by Gasteiger charge is -2.25. The molecule has 0 aliphatic heterocycles. The van der Waals surface area contributed by atoms with Crippen molar-refractivity contribution in [2.75, 3.05) is 0 Å². The Labute approximate surface area is 141 Å². The summed E-state index contributed by atoms with van der Waals surface area (Å²) in [6.45, 7) is 2.09. The van der Waals surface area contributed by atoms with Crippen molar-refractivity contribution in [2.24, 2.45) is 0 Å². The van der Waals surface area contributed by atoms with Gasteiger partial charge in [-0.25, -0.2) is 0 Å². The molecule has 18 heavy (non-hydrogen) atoms. The van der Waals surface area contributed by atoms with Crippen molar-refractivity contribution in [3.8, 4) is 0 Å². The van der Waals surface area contributed by atoms with Crippen LogP contribution in [-0.4, -0.2) is 12.0 Å². The highest BCUT2D eigenvalue weighted by molar-refractivity contribution is 7.65. The summed E-state index contributed by atoms with van der Waals surface area (Å²) in [6, 6.07) is -3.80. The maximum absolute atomic E-state index is 5.88. The largest absolute Gasteiger partial charge is 0.344 e. The first-order valence-electron chi connectivity index (χ1n) is 6.30. The van der Waals surface area contributed by atoms with Crippen LogP contribution in [0.1, 0.15) is 51.9 Å². The molecule has 1 rings (SSSR count). The van der Waals surface area contributed by atoms with Crippen LogP contribution in [0.2, 0.25) is 11.6 Å². The third-order valence-corrected chi connectivity index (χ3v) is 9.78. The molecule has 0 aromatic rings. The van der Waals surface area contributed by atoms with Gasteiger partial charge in [0.05, 0.1) is 0 Å². The summed E-state index contributed by atoms with van der Waals surface area (Å²) in [6.07, 6.45) is 8.28. The van der Waals surface area contributed by atoms with Gasteiger partial charge in [-0.15, -0.1) is 66.5 Å². The van der Waals surface area contributed by atoms with E-state index in [0.717, 1.165) is 31.7 Å². The SMILES string of the molecule is CCCC[Si](Cl)(Cl)Cl.Cl[Si](Cl)(Cl)C1CCCCC1. The van der Waals surface area contributed by atoms with E-state index in [2.05, 4.69) is 6.92 Å². The quantitative estimate of drug-likeness (QED) is 0.335. The topological polar surface area (TPSA) is 0 Å². The second-order valence-electron chi connectivity index (χ2n) is 4.60. The Morgan fingerprint density at radius 2 is 1.39 bits per heavy atom. The van der Waals surface area contributed by atoms with E-state index >= 15 is 0 Å². The second kappa shape index (κ2) is 9.99. The molecule has 110 valence electrons. The van der Waals surface area contributed by atoms with Crippen molar-refractivity contribution in [1.82, 2.24) is 0 Å². The standard InChI is InChI=1S/C6H11Cl3Si.C4H9Cl3Si/c7-10(8,9)6-4-2-1-3-5-6;1-2-3-4-8(5,6)7/h6H,1-5H2;2-4H2,1H3. The molecule has 0 radical (unpaired) electrons. The van der Waals surface area contributed by atoms with Crippen LogP contribution in [-0.2, 0) is 0 Å². The summed E-state index contributed by atoms with van der Waals surface area (Å²) in [7, 11) is 0. The molecule has 1 saturated carbocycles. The number of hydrogen-bond acceptors (Lipinski definition) is 0. The minimum absolute atomic E-state index is 0.436. The monoisotopic (exact) mass is 406 g/mol. The molecule has 0 nitrogen and oxygen atoms in total. The predicted molar refractivity (Wildman–Crippen MR) is 93.2 cm³/mol. The Hall–Kier alpha value is 2.17. The predicted octanol–water partition coefficient (Wildman–Crippen LogP) is 7.42. The molecule has 1 aliphatic rings. The highest BCUT2D eigenvalue weighted by atomic mass is 35.8. The Morgan fingerprint density at radius 1 is 0.889 bits per heavy atom. The molecule has 0 saturated heterocycles. The average molecular weight is 409 g/mol. The summed E-state index contributed by atoms with van der Waals surface area (Å²) in [5, 5.41) is 0. The van der Waals surface area contributed by atoms with Crippen LogP contribution in [0.25, 0.3) is 0 Å². The fourth-order valence-electron chi connectivity index (χ4n) is 1.81. The van der Waals surface area contributed by atoms with Gasteiger partial charge in [-0.3, -0.25) is 0 Å². The van der Waals surface area contributed by atoms with Crippen molar-refractivity contribution in [1.29, 1.82) is 0 Å². The lowest BCUT2D eigenvalue weighted by atomic mass is 10.0. The van der Waals surface area contributed by atoms with Gasteiger partial charge in [0.25, 0.3) is 0 Å². The first-order valence-corrected chi connectivity index (χ1v) is 16.7. The van der Waals surface area contributed by atoms with E-state index in [1.165, 1.54) is 19.3 Å². The van der Waals surface area contributed by atoms with Gasteiger partial charge in [0, 0.05) is 0 Å². The van der Waals surface area contributed by atoms with E-state index in [1.54, 1.807) is 0 Å². The maximum Gasteiger partial charge on any atom is 0.344 e. The molecule has 0 spiro atoms. The molecule has 0 amide bonds. The summed E-state index contributed by atoms with van der Waals surface area (Å²) in [4.78, 5) is 0. The first kappa shape index (κ1) is 20.2. The van der Waals surface area contributed by atoms with E-state index in [4.69, 9.17) is 66.5 Å². The summed E-state index contributed by atoms with van der Waals surface area (Å²) in [5.74, 6) is 0. The molecule has 1 fully saturated rings. The normalized spacial score (nSPS) is 18.2. The Kier molecular flexibility index (Phi) is 11.2. The van der Waals surface area contributed by atoms with Crippen molar-refractivity contribution < 1.29 is 0 Å². The lowest BCUT2D eigenvalue weighted by molar-refractivity contribution is 0.500. The van der Waals surface area contributed by atoms with E-state index in [-0.39, 0.29) is 0 Å². The molecular weight excluding hydrogens is 389 g/mol. The molecule has 0 heterocycles. The van der Waals surface area contributed by atoms with Crippen LogP contribution in [0.15, 0.2) is 0 Å². The van der Waals surface area contributed by atoms with E-state index in [0.29, 0.717) is 5.54 Å². The molecule has 8 heteroatoms. The smallest absolute Gasteiger partial charge is 0.126 e.